The summed E-state index contributed by atoms with van der Waals surface area (Å²) in [6.07, 6.45) is 1.47. The Hall–Kier alpha value is -2.20. The van der Waals surface area contributed by atoms with Crippen molar-refractivity contribution in [3.05, 3.63) is 77.3 Å². The maximum absolute atomic E-state index is 12.6. The smallest absolute Gasteiger partial charge is 0.395 e. The molecule has 0 saturated carbocycles. The van der Waals surface area contributed by atoms with Crippen molar-refractivity contribution in [1.29, 1.82) is 0 Å². The zero-order chi connectivity index (χ0) is 16.7. The van der Waals surface area contributed by atoms with Gasteiger partial charge in [-0.05, 0) is 23.8 Å². The summed E-state index contributed by atoms with van der Waals surface area (Å²) >= 11 is 0. The molecule has 0 aliphatic carbocycles. The van der Waals surface area contributed by atoms with Crippen LogP contribution >= 0.6 is 7.60 Å². The van der Waals surface area contributed by atoms with Gasteiger partial charge < -0.3 is 13.8 Å². The van der Waals surface area contributed by atoms with E-state index in [1.165, 1.54) is 20.3 Å². The highest BCUT2D eigenvalue weighted by Crippen LogP contribution is 2.55. The average Bonchev–Trinajstić information content (AvgIpc) is 2.62. The molecule has 0 bridgehead atoms. The minimum atomic E-state index is -3.71. The van der Waals surface area contributed by atoms with Crippen LogP contribution < -0.4 is 0 Å². The highest BCUT2D eigenvalue weighted by Gasteiger charge is 2.32. The molecule has 0 saturated heterocycles. The van der Waals surface area contributed by atoms with Crippen LogP contribution in [0.1, 0.15) is 15.9 Å². The van der Waals surface area contributed by atoms with Crippen LogP contribution in [0, 0.1) is 0 Å². The van der Waals surface area contributed by atoms with Gasteiger partial charge in [-0.1, -0.05) is 48.5 Å². The molecule has 0 N–H and O–H groups in total. The Bertz CT molecular complexity index is 717. The van der Waals surface area contributed by atoms with Crippen LogP contribution in [0.15, 0.2) is 66.2 Å². The van der Waals surface area contributed by atoms with Gasteiger partial charge in [-0.3, -0.25) is 4.57 Å². The second-order valence-corrected chi connectivity index (χ2v) is 6.68. The topological polar surface area (TPSA) is 61.8 Å². The summed E-state index contributed by atoms with van der Waals surface area (Å²) in [6.45, 7) is 0. The van der Waals surface area contributed by atoms with Crippen molar-refractivity contribution in [3.8, 4) is 0 Å². The quantitative estimate of drug-likeness (QED) is 0.448. The van der Waals surface area contributed by atoms with Gasteiger partial charge in [-0.25, -0.2) is 4.79 Å². The number of carbonyl (C=O) groups excluding carboxylic acids is 1. The number of ether oxygens (including phenoxy) is 1. The molecule has 2 aromatic rings. The van der Waals surface area contributed by atoms with Gasteiger partial charge in [0.15, 0.2) is 0 Å². The molecule has 0 amide bonds. The van der Waals surface area contributed by atoms with Gasteiger partial charge in [0.05, 0.1) is 5.56 Å². The molecule has 0 heterocycles. The second kappa shape index (κ2) is 7.88. The first-order chi connectivity index (χ1) is 11.1. The van der Waals surface area contributed by atoms with E-state index in [2.05, 4.69) is 0 Å². The van der Waals surface area contributed by atoms with Gasteiger partial charge in [0, 0.05) is 14.2 Å². The van der Waals surface area contributed by atoms with Crippen molar-refractivity contribution in [3.63, 3.8) is 0 Å². The molecule has 5 nitrogen and oxygen atoms in total. The average molecular weight is 332 g/mol. The van der Waals surface area contributed by atoms with E-state index in [1.807, 2.05) is 18.2 Å². The first-order valence-electron chi connectivity index (χ1n) is 6.85. The molecule has 0 radical (unpaired) electrons. The Kier molecular flexibility index (Phi) is 5.88. The maximum atomic E-state index is 12.6. The Labute approximate surface area is 135 Å². The van der Waals surface area contributed by atoms with E-state index in [0.717, 1.165) is 0 Å². The fraction of sp³-hybridized carbons (Fsp3) is 0.118. The van der Waals surface area contributed by atoms with Gasteiger partial charge in [0.2, 0.25) is 5.50 Å². The summed E-state index contributed by atoms with van der Waals surface area (Å²) in [5.74, 6) is -0.637. The van der Waals surface area contributed by atoms with Crippen molar-refractivity contribution in [2.45, 2.75) is 0 Å². The van der Waals surface area contributed by atoms with Crippen molar-refractivity contribution < 1.29 is 23.1 Å². The molecule has 23 heavy (non-hydrogen) atoms. The number of benzene rings is 2. The molecule has 6 heteroatoms. The van der Waals surface area contributed by atoms with Gasteiger partial charge in [0.1, 0.15) is 0 Å². The van der Waals surface area contributed by atoms with Crippen molar-refractivity contribution in [1.82, 2.24) is 0 Å². The molecular weight excluding hydrogens is 315 g/mol. The molecule has 2 rings (SSSR count). The van der Waals surface area contributed by atoms with E-state index in [4.69, 9.17) is 13.8 Å². The van der Waals surface area contributed by atoms with E-state index in [-0.39, 0.29) is 5.50 Å². The predicted octanol–water partition coefficient (Wildman–Crippen LogP) is 4.33. The van der Waals surface area contributed by atoms with Crippen molar-refractivity contribution >= 4 is 19.6 Å². The van der Waals surface area contributed by atoms with E-state index >= 15 is 0 Å². The summed E-state index contributed by atoms with van der Waals surface area (Å²) in [7, 11) is -1.24. The molecule has 0 spiro atoms. The molecular formula is C17H17O5P. The third-order valence-corrected chi connectivity index (χ3v) is 4.77. The molecule has 2 aromatic carbocycles. The zero-order valence-corrected chi connectivity index (χ0v) is 13.7. The van der Waals surface area contributed by atoms with Gasteiger partial charge in [0.25, 0.3) is 0 Å². The summed E-state index contributed by atoms with van der Waals surface area (Å²) in [5, 5.41) is 0. The first-order valence-corrected chi connectivity index (χ1v) is 8.39. The van der Waals surface area contributed by atoms with Crippen LogP contribution in [0.3, 0.4) is 0 Å². The van der Waals surface area contributed by atoms with Crippen LogP contribution in [0.25, 0.3) is 6.08 Å². The first kappa shape index (κ1) is 17.2. The van der Waals surface area contributed by atoms with Crippen molar-refractivity contribution in [2.24, 2.45) is 0 Å². The standard InChI is InChI=1S/C17H17O5P/c1-20-23(19,21-2)16(13-14-9-5-3-6-10-14)22-17(18)15-11-7-4-8-12-15/h3-13H,1-2H3/b16-13+. The van der Waals surface area contributed by atoms with Crippen molar-refractivity contribution in [2.75, 3.05) is 14.2 Å². The lowest BCUT2D eigenvalue weighted by Crippen LogP contribution is -2.07. The molecule has 120 valence electrons. The number of hydrogen-bond donors (Lipinski definition) is 0. The Morgan fingerprint density at radius 1 is 0.913 bits per heavy atom. The molecule has 0 atom stereocenters. The minimum absolute atomic E-state index is 0.164. The fourth-order valence-corrected chi connectivity index (χ4v) is 2.85. The lowest BCUT2D eigenvalue weighted by Gasteiger charge is -2.17. The van der Waals surface area contributed by atoms with E-state index in [1.54, 1.807) is 42.5 Å². The van der Waals surface area contributed by atoms with Crippen LogP contribution in [0.2, 0.25) is 0 Å². The summed E-state index contributed by atoms with van der Waals surface area (Å²) in [6, 6.07) is 17.5. The summed E-state index contributed by atoms with van der Waals surface area (Å²) < 4.78 is 27.8. The maximum Gasteiger partial charge on any atom is 0.395 e. The van der Waals surface area contributed by atoms with E-state index in [9.17, 15) is 9.36 Å². The number of esters is 1. The van der Waals surface area contributed by atoms with Gasteiger partial charge >= 0.3 is 13.6 Å². The molecule has 0 fully saturated rings. The Morgan fingerprint density at radius 2 is 1.43 bits per heavy atom. The fourth-order valence-electron chi connectivity index (χ4n) is 1.84. The van der Waals surface area contributed by atoms with E-state index < -0.39 is 13.6 Å². The third kappa shape index (κ3) is 4.39. The van der Waals surface area contributed by atoms with Gasteiger partial charge in [-0.15, -0.1) is 0 Å². The van der Waals surface area contributed by atoms with Crippen LogP contribution in [0.4, 0.5) is 0 Å². The Morgan fingerprint density at radius 3 is 1.96 bits per heavy atom. The number of hydrogen-bond acceptors (Lipinski definition) is 5. The Balaban J connectivity index is 2.37. The number of carbonyl (C=O) groups is 1. The summed E-state index contributed by atoms with van der Waals surface area (Å²) in [5.41, 5.74) is 0.880. The lowest BCUT2D eigenvalue weighted by atomic mass is 10.2. The molecule has 0 unspecified atom stereocenters. The second-order valence-electron chi connectivity index (χ2n) is 4.51. The van der Waals surface area contributed by atoms with Gasteiger partial charge in [-0.2, -0.15) is 0 Å². The normalized spacial score (nSPS) is 12.0. The van der Waals surface area contributed by atoms with Crippen LogP contribution in [-0.4, -0.2) is 20.2 Å². The zero-order valence-electron chi connectivity index (χ0n) is 12.8. The molecule has 0 aliphatic rings. The minimum Gasteiger partial charge on any atom is -0.414 e. The lowest BCUT2D eigenvalue weighted by molar-refractivity contribution is 0.0635. The molecule has 0 aromatic heterocycles. The summed E-state index contributed by atoms with van der Waals surface area (Å²) in [4.78, 5) is 12.2. The monoisotopic (exact) mass is 332 g/mol. The SMILES string of the molecule is COP(=O)(OC)/C(=C/c1ccccc1)OC(=O)c1ccccc1. The highest BCUT2D eigenvalue weighted by atomic mass is 31.2. The van der Waals surface area contributed by atoms with Crippen LogP contribution in [-0.2, 0) is 18.3 Å². The third-order valence-electron chi connectivity index (χ3n) is 3.05. The number of rotatable bonds is 6. The highest BCUT2D eigenvalue weighted by molar-refractivity contribution is 7.58. The molecule has 0 aliphatic heterocycles. The van der Waals surface area contributed by atoms with E-state index in [0.29, 0.717) is 11.1 Å². The predicted molar refractivity (Wildman–Crippen MR) is 87.9 cm³/mol. The largest absolute Gasteiger partial charge is 0.414 e. The van der Waals surface area contributed by atoms with Crippen LogP contribution in [0.5, 0.6) is 0 Å².